The molecule has 6 heteroatoms. The van der Waals surface area contributed by atoms with E-state index in [4.69, 9.17) is 0 Å². The van der Waals surface area contributed by atoms with Crippen molar-refractivity contribution in [2.45, 2.75) is 19.9 Å². The predicted octanol–water partition coefficient (Wildman–Crippen LogP) is 1.97. The van der Waals surface area contributed by atoms with Crippen molar-refractivity contribution in [2.75, 3.05) is 6.54 Å². The van der Waals surface area contributed by atoms with Gasteiger partial charge >= 0.3 is 0 Å². The second-order valence-corrected chi connectivity index (χ2v) is 4.79. The van der Waals surface area contributed by atoms with Crippen LogP contribution in [0, 0.1) is 17.0 Å². The Bertz CT molecular complexity index is 607. The van der Waals surface area contributed by atoms with Crippen molar-refractivity contribution < 1.29 is 4.92 Å². The quantitative estimate of drug-likeness (QED) is 0.496. The Morgan fingerprint density at radius 2 is 2.20 bits per heavy atom. The largest absolute Gasteiger partial charge is 0.312 e. The fourth-order valence-corrected chi connectivity index (χ4v) is 2.01. The van der Waals surface area contributed by atoms with Gasteiger partial charge in [0.1, 0.15) is 0 Å². The van der Waals surface area contributed by atoms with Crippen molar-refractivity contribution in [1.29, 1.82) is 0 Å². The molecule has 0 aliphatic rings. The van der Waals surface area contributed by atoms with Crippen molar-refractivity contribution in [3.8, 4) is 0 Å². The first-order valence-corrected chi connectivity index (χ1v) is 6.49. The number of nitrogens with one attached hydrogen (secondary N) is 1. The predicted molar refractivity (Wildman–Crippen MR) is 76.5 cm³/mol. The van der Waals surface area contributed by atoms with Gasteiger partial charge in [-0.25, -0.2) is 0 Å². The molecule has 0 saturated heterocycles. The highest BCUT2D eigenvalue weighted by Gasteiger charge is 2.10. The van der Waals surface area contributed by atoms with Gasteiger partial charge in [-0.15, -0.1) is 0 Å². The zero-order valence-electron chi connectivity index (χ0n) is 11.7. The Balaban J connectivity index is 1.85. The number of benzene rings is 1. The molecular formula is C14H18N4O2. The molecule has 20 heavy (non-hydrogen) atoms. The van der Waals surface area contributed by atoms with Gasteiger partial charge in [-0.05, 0) is 18.6 Å². The lowest BCUT2D eigenvalue weighted by Crippen LogP contribution is -2.17. The van der Waals surface area contributed by atoms with E-state index in [2.05, 4.69) is 10.4 Å². The summed E-state index contributed by atoms with van der Waals surface area (Å²) in [7, 11) is 1.89. The normalized spacial score (nSPS) is 10.7. The standard InChI is InChI=1S/C14H18N4O2/c1-11-3-4-12(9-14(11)18(19)20)10-15-7-5-13-6-8-17(2)16-13/h3-4,6,8-9,15H,5,7,10H2,1-2H3. The molecule has 1 aromatic heterocycles. The number of hydrogen-bond acceptors (Lipinski definition) is 4. The van der Waals surface area contributed by atoms with Gasteiger partial charge < -0.3 is 5.32 Å². The number of aromatic nitrogens is 2. The second kappa shape index (κ2) is 6.29. The maximum Gasteiger partial charge on any atom is 0.272 e. The van der Waals surface area contributed by atoms with Gasteiger partial charge in [0.25, 0.3) is 5.69 Å². The Morgan fingerprint density at radius 3 is 2.85 bits per heavy atom. The molecule has 2 rings (SSSR count). The molecule has 0 unspecified atom stereocenters. The van der Waals surface area contributed by atoms with E-state index in [0.717, 1.165) is 24.2 Å². The van der Waals surface area contributed by atoms with E-state index in [-0.39, 0.29) is 10.6 Å². The van der Waals surface area contributed by atoms with Crippen LogP contribution in [-0.4, -0.2) is 21.2 Å². The highest BCUT2D eigenvalue weighted by molar-refractivity contribution is 5.42. The molecule has 0 bridgehead atoms. The SMILES string of the molecule is Cc1ccc(CNCCc2ccn(C)n2)cc1[N+](=O)[O-]. The first-order chi connectivity index (χ1) is 9.56. The molecule has 6 nitrogen and oxygen atoms in total. The minimum absolute atomic E-state index is 0.175. The average molecular weight is 274 g/mol. The summed E-state index contributed by atoms with van der Waals surface area (Å²) in [5.74, 6) is 0. The maximum atomic E-state index is 10.9. The maximum absolute atomic E-state index is 10.9. The number of nitrogens with zero attached hydrogens (tertiary/aromatic N) is 3. The van der Waals surface area contributed by atoms with Gasteiger partial charge in [0.2, 0.25) is 0 Å². The molecule has 0 atom stereocenters. The van der Waals surface area contributed by atoms with Crippen molar-refractivity contribution in [3.05, 3.63) is 57.4 Å². The van der Waals surface area contributed by atoms with E-state index in [1.165, 1.54) is 0 Å². The van der Waals surface area contributed by atoms with Gasteiger partial charge in [0.05, 0.1) is 10.6 Å². The van der Waals surface area contributed by atoms with E-state index in [0.29, 0.717) is 12.1 Å². The summed E-state index contributed by atoms with van der Waals surface area (Å²) in [6.45, 7) is 3.16. The number of nitro groups is 1. The van der Waals surface area contributed by atoms with E-state index < -0.39 is 0 Å². The summed E-state index contributed by atoms with van der Waals surface area (Å²) in [4.78, 5) is 10.5. The monoisotopic (exact) mass is 274 g/mol. The molecule has 0 aliphatic carbocycles. The lowest BCUT2D eigenvalue weighted by molar-refractivity contribution is -0.385. The van der Waals surface area contributed by atoms with E-state index >= 15 is 0 Å². The van der Waals surface area contributed by atoms with E-state index in [1.807, 2.05) is 25.4 Å². The number of aryl methyl sites for hydroxylation is 2. The number of hydrogen-bond donors (Lipinski definition) is 1. The van der Waals surface area contributed by atoms with Crippen LogP contribution in [0.2, 0.25) is 0 Å². The first kappa shape index (κ1) is 14.2. The van der Waals surface area contributed by atoms with Crippen LogP contribution in [-0.2, 0) is 20.0 Å². The van der Waals surface area contributed by atoms with Crippen LogP contribution < -0.4 is 5.32 Å². The molecule has 1 N–H and O–H groups in total. The molecule has 1 heterocycles. The molecule has 106 valence electrons. The second-order valence-electron chi connectivity index (χ2n) is 4.79. The molecule has 0 fully saturated rings. The summed E-state index contributed by atoms with van der Waals surface area (Å²) in [6.07, 6.45) is 2.76. The summed E-state index contributed by atoms with van der Waals surface area (Å²) in [5.41, 5.74) is 2.82. The van der Waals surface area contributed by atoms with Gasteiger partial charge in [-0.1, -0.05) is 12.1 Å². The average Bonchev–Trinajstić information content (AvgIpc) is 2.82. The summed E-state index contributed by atoms with van der Waals surface area (Å²) >= 11 is 0. The third kappa shape index (κ3) is 3.64. The number of nitro benzene ring substituents is 1. The highest BCUT2D eigenvalue weighted by atomic mass is 16.6. The first-order valence-electron chi connectivity index (χ1n) is 6.49. The van der Waals surface area contributed by atoms with Crippen LogP contribution in [0.1, 0.15) is 16.8 Å². The fourth-order valence-electron chi connectivity index (χ4n) is 2.01. The Morgan fingerprint density at radius 1 is 1.40 bits per heavy atom. The lowest BCUT2D eigenvalue weighted by atomic mass is 10.1. The minimum Gasteiger partial charge on any atom is -0.312 e. The molecule has 0 radical (unpaired) electrons. The molecule has 0 aliphatic heterocycles. The molecule has 2 aromatic rings. The molecule has 0 amide bonds. The van der Waals surface area contributed by atoms with Gasteiger partial charge in [0, 0.05) is 44.4 Å². The fraction of sp³-hybridized carbons (Fsp3) is 0.357. The zero-order chi connectivity index (χ0) is 14.5. The number of rotatable bonds is 6. The van der Waals surface area contributed by atoms with Gasteiger partial charge in [-0.2, -0.15) is 5.10 Å². The van der Waals surface area contributed by atoms with Crippen molar-refractivity contribution in [2.24, 2.45) is 7.05 Å². The van der Waals surface area contributed by atoms with Crippen molar-refractivity contribution in [1.82, 2.24) is 15.1 Å². The van der Waals surface area contributed by atoms with Crippen LogP contribution in [0.15, 0.2) is 30.5 Å². The minimum atomic E-state index is -0.341. The lowest BCUT2D eigenvalue weighted by Gasteiger charge is -2.05. The highest BCUT2D eigenvalue weighted by Crippen LogP contribution is 2.18. The van der Waals surface area contributed by atoms with Crippen LogP contribution in [0.4, 0.5) is 5.69 Å². The van der Waals surface area contributed by atoms with Gasteiger partial charge in [-0.3, -0.25) is 14.8 Å². The Hall–Kier alpha value is -2.21. The smallest absolute Gasteiger partial charge is 0.272 e. The molecule has 0 saturated carbocycles. The topological polar surface area (TPSA) is 73.0 Å². The third-order valence-electron chi connectivity index (χ3n) is 3.13. The van der Waals surface area contributed by atoms with Crippen molar-refractivity contribution in [3.63, 3.8) is 0 Å². The summed E-state index contributed by atoms with van der Waals surface area (Å²) < 4.78 is 1.78. The Labute approximate surface area is 117 Å². The van der Waals surface area contributed by atoms with Crippen molar-refractivity contribution >= 4 is 5.69 Å². The summed E-state index contributed by atoms with van der Waals surface area (Å²) in [6, 6.07) is 7.31. The third-order valence-corrected chi connectivity index (χ3v) is 3.13. The van der Waals surface area contributed by atoms with Crippen LogP contribution in [0.3, 0.4) is 0 Å². The van der Waals surface area contributed by atoms with Crippen LogP contribution in [0.5, 0.6) is 0 Å². The molecule has 1 aromatic carbocycles. The van der Waals surface area contributed by atoms with E-state index in [1.54, 1.807) is 23.7 Å². The zero-order valence-corrected chi connectivity index (χ0v) is 11.7. The van der Waals surface area contributed by atoms with E-state index in [9.17, 15) is 10.1 Å². The van der Waals surface area contributed by atoms with Crippen LogP contribution in [0.25, 0.3) is 0 Å². The molecule has 0 spiro atoms. The Kier molecular flexibility index (Phi) is 4.47. The van der Waals surface area contributed by atoms with Crippen LogP contribution >= 0.6 is 0 Å². The molecular weight excluding hydrogens is 256 g/mol. The summed E-state index contributed by atoms with van der Waals surface area (Å²) in [5, 5.41) is 18.4. The van der Waals surface area contributed by atoms with Gasteiger partial charge in [0.15, 0.2) is 0 Å².